The number of carbonyl (C=O) groups is 1. The van der Waals surface area contributed by atoms with Gasteiger partial charge in [-0.05, 0) is 53.9 Å². The minimum atomic E-state index is -0.261. The van der Waals surface area contributed by atoms with Gasteiger partial charge in [0.15, 0.2) is 0 Å². The summed E-state index contributed by atoms with van der Waals surface area (Å²) in [4.78, 5) is 17.8. The van der Waals surface area contributed by atoms with Crippen LogP contribution in [0, 0.1) is 6.92 Å². The summed E-state index contributed by atoms with van der Waals surface area (Å²) in [6.07, 6.45) is 5.24. The van der Waals surface area contributed by atoms with E-state index in [1.807, 2.05) is 50.5 Å². The van der Waals surface area contributed by atoms with E-state index in [0.717, 1.165) is 27.8 Å². The van der Waals surface area contributed by atoms with Crippen molar-refractivity contribution in [2.75, 3.05) is 0 Å². The molecule has 0 radical (unpaired) electrons. The topological polar surface area (TPSA) is 59.8 Å². The van der Waals surface area contributed by atoms with E-state index in [0.29, 0.717) is 32.9 Å². The van der Waals surface area contributed by atoms with E-state index < -0.39 is 0 Å². The van der Waals surface area contributed by atoms with Gasteiger partial charge in [-0.15, -0.1) is 0 Å². The van der Waals surface area contributed by atoms with Crippen molar-refractivity contribution in [3.8, 4) is 22.4 Å². The smallest absolute Gasteiger partial charge is 0.253 e. The first-order chi connectivity index (χ1) is 15.3. The molecule has 2 aromatic heterocycles. The first-order valence-corrected chi connectivity index (χ1v) is 10.9. The van der Waals surface area contributed by atoms with Gasteiger partial charge in [-0.3, -0.25) is 14.5 Å². The first-order valence-electron chi connectivity index (χ1n) is 9.79. The number of benzene rings is 2. The van der Waals surface area contributed by atoms with Gasteiger partial charge in [0.05, 0.1) is 27.5 Å². The predicted octanol–water partition coefficient (Wildman–Crippen LogP) is 6.35. The molecule has 0 aliphatic rings. The molecule has 0 spiro atoms. The molecule has 1 N–H and O–H groups in total. The molecule has 4 aromatic rings. The minimum absolute atomic E-state index is 0.261. The lowest BCUT2D eigenvalue weighted by atomic mass is 10.0. The first kappa shape index (κ1) is 22.3. The summed E-state index contributed by atoms with van der Waals surface area (Å²) in [5.74, 6) is -0.261. The molecule has 1 amide bonds. The van der Waals surface area contributed by atoms with Crippen molar-refractivity contribution in [1.29, 1.82) is 0 Å². The molecule has 0 aliphatic heterocycles. The third-order valence-corrected chi connectivity index (χ3v) is 5.88. The average molecular weight is 486 g/mol. The Kier molecular flexibility index (Phi) is 6.51. The standard InChI is InChI=1S/C24H19Cl3N4O/c1-14-5-16(8-19(25)6-14)17-9-20(23(28-11-17)18-12-30-31(2)13-18)24(32)29-10-15-3-4-21(26)22(27)7-15/h3-9,11-13H,10H2,1-2H3,(H,29,32). The van der Waals surface area contributed by atoms with Crippen LogP contribution < -0.4 is 5.32 Å². The van der Waals surface area contributed by atoms with Crippen molar-refractivity contribution in [3.63, 3.8) is 0 Å². The molecule has 2 aromatic carbocycles. The fourth-order valence-corrected chi connectivity index (χ4v) is 4.01. The van der Waals surface area contributed by atoms with E-state index in [9.17, 15) is 4.79 Å². The van der Waals surface area contributed by atoms with E-state index in [-0.39, 0.29) is 5.91 Å². The summed E-state index contributed by atoms with van der Waals surface area (Å²) in [6.45, 7) is 2.26. The predicted molar refractivity (Wildman–Crippen MR) is 129 cm³/mol. The summed E-state index contributed by atoms with van der Waals surface area (Å²) in [6, 6.07) is 12.8. The van der Waals surface area contributed by atoms with Crippen LogP contribution >= 0.6 is 34.8 Å². The molecule has 162 valence electrons. The van der Waals surface area contributed by atoms with Gasteiger partial charge in [0.1, 0.15) is 0 Å². The molecule has 0 saturated carbocycles. The Morgan fingerprint density at radius 1 is 0.969 bits per heavy atom. The Morgan fingerprint density at radius 3 is 2.47 bits per heavy atom. The SMILES string of the molecule is Cc1cc(Cl)cc(-c2cnc(-c3cnn(C)c3)c(C(=O)NCc3ccc(Cl)c(Cl)c3)c2)c1. The monoisotopic (exact) mass is 484 g/mol. The van der Waals surface area contributed by atoms with Crippen molar-refractivity contribution in [1.82, 2.24) is 20.1 Å². The van der Waals surface area contributed by atoms with Crippen LogP contribution in [-0.4, -0.2) is 20.7 Å². The van der Waals surface area contributed by atoms with Crippen LogP contribution in [0.4, 0.5) is 0 Å². The zero-order chi connectivity index (χ0) is 22.8. The van der Waals surface area contributed by atoms with Crippen LogP contribution in [0.15, 0.2) is 61.1 Å². The van der Waals surface area contributed by atoms with Gasteiger partial charge in [-0.2, -0.15) is 5.10 Å². The molecule has 0 fully saturated rings. The maximum atomic E-state index is 13.2. The number of aryl methyl sites for hydroxylation is 2. The van der Waals surface area contributed by atoms with E-state index in [1.165, 1.54) is 0 Å². The number of nitrogens with one attached hydrogen (secondary N) is 1. The van der Waals surface area contributed by atoms with E-state index in [4.69, 9.17) is 34.8 Å². The largest absolute Gasteiger partial charge is 0.348 e. The molecular weight excluding hydrogens is 467 g/mol. The molecule has 0 unspecified atom stereocenters. The maximum Gasteiger partial charge on any atom is 0.253 e. The third kappa shape index (κ3) is 4.96. The molecule has 0 aliphatic carbocycles. The van der Waals surface area contributed by atoms with Gasteiger partial charge in [0, 0.05) is 42.1 Å². The minimum Gasteiger partial charge on any atom is -0.348 e. The quantitative estimate of drug-likeness (QED) is 0.358. The highest BCUT2D eigenvalue weighted by atomic mass is 35.5. The highest BCUT2D eigenvalue weighted by Gasteiger charge is 2.17. The third-order valence-electron chi connectivity index (χ3n) is 4.92. The van der Waals surface area contributed by atoms with Crippen molar-refractivity contribution < 1.29 is 4.79 Å². The molecule has 5 nitrogen and oxygen atoms in total. The maximum absolute atomic E-state index is 13.2. The van der Waals surface area contributed by atoms with Crippen LogP contribution in [0.1, 0.15) is 21.5 Å². The van der Waals surface area contributed by atoms with Gasteiger partial charge < -0.3 is 5.32 Å². The Bertz CT molecular complexity index is 1300. The molecule has 0 atom stereocenters. The Hall–Kier alpha value is -2.86. The second kappa shape index (κ2) is 9.33. The number of nitrogens with zero attached hydrogens (tertiary/aromatic N) is 3. The van der Waals surface area contributed by atoms with Crippen molar-refractivity contribution in [2.45, 2.75) is 13.5 Å². The van der Waals surface area contributed by atoms with E-state index in [1.54, 1.807) is 29.2 Å². The second-order valence-corrected chi connectivity index (χ2v) is 8.72. The lowest BCUT2D eigenvalue weighted by Crippen LogP contribution is -2.24. The van der Waals surface area contributed by atoms with Crippen molar-refractivity contribution in [2.24, 2.45) is 7.05 Å². The number of hydrogen-bond donors (Lipinski definition) is 1. The van der Waals surface area contributed by atoms with E-state index >= 15 is 0 Å². The highest BCUT2D eigenvalue weighted by molar-refractivity contribution is 6.42. The number of carbonyl (C=O) groups excluding carboxylic acids is 1. The second-order valence-electron chi connectivity index (χ2n) is 7.47. The Morgan fingerprint density at radius 2 is 1.78 bits per heavy atom. The Balaban J connectivity index is 1.70. The summed E-state index contributed by atoms with van der Waals surface area (Å²) in [5.41, 5.74) is 5.28. The fraction of sp³-hybridized carbons (Fsp3) is 0.125. The lowest BCUT2D eigenvalue weighted by Gasteiger charge is -2.12. The summed E-state index contributed by atoms with van der Waals surface area (Å²) in [7, 11) is 1.82. The molecule has 2 heterocycles. The summed E-state index contributed by atoms with van der Waals surface area (Å²) < 4.78 is 1.67. The summed E-state index contributed by atoms with van der Waals surface area (Å²) in [5, 5.41) is 8.69. The molecule has 0 bridgehead atoms. The number of halogens is 3. The number of rotatable bonds is 5. The molecule has 32 heavy (non-hydrogen) atoms. The molecule has 8 heteroatoms. The fourth-order valence-electron chi connectivity index (χ4n) is 3.40. The number of pyridine rings is 1. The molecule has 4 rings (SSSR count). The average Bonchev–Trinajstić information content (AvgIpc) is 3.19. The highest BCUT2D eigenvalue weighted by Crippen LogP contribution is 2.29. The van der Waals surface area contributed by atoms with Gasteiger partial charge in [0.2, 0.25) is 0 Å². The zero-order valence-corrected chi connectivity index (χ0v) is 19.6. The zero-order valence-electron chi connectivity index (χ0n) is 17.4. The molecular formula is C24H19Cl3N4O. The normalized spacial score (nSPS) is 10.9. The Labute approximate surface area is 201 Å². The van der Waals surface area contributed by atoms with Crippen LogP contribution in [0.25, 0.3) is 22.4 Å². The van der Waals surface area contributed by atoms with Gasteiger partial charge in [-0.1, -0.05) is 46.9 Å². The number of amides is 1. The van der Waals surface area contributed by atoms with Crippen molar-refractivity contribution >= 4 is 40.7 Å². The van der Waals surface area contributed by atoms with Crippen LogP contribution in [0.2, 0.25) is 15.1 Å². The molecule has 0 saturated heterocycles. The van der Waals surface area contributed by atoms with Crippen LogP contribution in [-0.2, 0) is 13.6 Å². The number of aromatic nitrogens is 3. The van der Waals surface area contributed by atoms with Crippen LogP contribution in [0.3, 0.4) is 0 Å². The van der Waals surface area contributed by atoms with Gasteiger partial charge >= 0.3 is 0 Å². The van der Waals surface area contributed by atoms with Gasteiger partial charge in [0.25, 0.3) is 5.91 Å². The van der Waals surface area contributed by atoms with Gasteiger partial charge in [-0.25, -0.2) is 0 Å². The van der Waals surface area contributed by atoms with Crippen LogP contribution in [0.5, 0.6) is 0 Å². The lowest BCUT2D eigenvalue weighted by molar-refractivity contribution is 0.0951. The number of hydrogen-bond acceptors (Lipinski definition) is 3. The van der Waals surface area contributed by atoms with E-state index in [2.05, 4.69) is 15.4 Å². The summed E-state index contributed by atoms with van der Waals surface area (Å²) >= 11 is 18.3. The van der Waals surface area contributed by atoms with Crippen molar-refractivity contribution in [3.05, 3.63) is 92.8 Å².